The van der Waals surface area contributed by atoms with Crippen LogP contribution in [0.5, 0.6) is 0 Å². The average Bonchev–Trinajstić information content (AvgIpc) is 2.76. The van der Waals surface area contributed by atoms with E-state index in [-0.39, 0.29) is 21.0 Å². The van der Waals surface area contributed by atoms with Crippen LogP contribution >= 0.6 is 15.9 Å². The van der Waals surface area contributed by atoms with E-state index in [1.165, 1.54) is 31.2 Å². The Balaban J connectivity index is 2.35. The number of aryl methyl sites for hydroxylation is 1. The smallest absolute Gasteiger partial charge is 0.266 e. The number of halogens is 2. The predicted octanol–water partition coefficient (Wildman–Crippen LogP) is 2.78. The minimum atomic E-state index is -3.89. The summed E-state index contributed by atoms with van der Waals surface area (Å²) in [7, 11) is -3.89. The third-order valence-electron chi connectivity index (χ3n) is 2.56. The summed E-state index contributed by atoms with van der Waals surface area (Å²) in [6.07, 6.45) is 0. The van der Waals surface area contributed by atoms with Crippen LogP contribution in [0.2, 0.25) is 0 Å². The van der Waals surface area contributed by atoms with Crippen molar-refractivity contribution >= 4 is 31.6 Å². The molecule has 0 saturated carbocycles. The molecule has 0 aliphatic carbocycles. The molecule has 2 N–H and O–H groups in total. The predicted molar refractivity (Wildman–Crippen MR) is 74.3 cm³/mol. The molecule has 2 rings (SSSR count). The van der Waals surface area contributed by atoms with E-state index in [1.807, 2.05) is 0 Å². The molecule has 1 heterocycles. The van der Waals surface area contributed by atoms with Crippen molar-refractivity contribution in [3.05, 3.63) is 46.1 Å². The van der Waals surface area contributed by atoms with Gasteiger partial charge in [-0.3, -0.25) is 4.72 Å². The summed E-state index contributed by atoms with van der Waals surface area (Å²) in [6.45, 7) is 1.12. The van der Waals surface area contributed by atoms with Crippen molar-refractivity contribution in [1.82, 2.24) is 0 Å². The zero-order chi connectivity index (χ0) is 14.9. The van der Waals surface area contributed by atoms with Crippen molar-refractivity contribution in [2.45, 2.75) is 18.4 Å². The molecule has 0 atom stereocenters. The van der Waals surface area contributed by atoms with Crippen molar-refractivity contribution in [3.63, 3.8) is 0 Å². The van der Waals surface area contributed by atoms with Gasteiger partial charge in [-0.2, -0.15) is 0 Å². The Labute approximate surface area is 123 Å². The number of hydrogen-bond acceptors (Lipinski definition) is 4. The third-order valence-corrected chi connectivity index (χ3v) is 4.80. The lowest BCUT2D eigenvalue weighted by molar-refractivity contribution is 0.245. The second kappa shape index (κ2) is 5.55. The van der Waals surface area contributed by atoms with E-state index in [4.69, 9.17) is 9.52 Å². The molecular weight excluding hydrogens is 353 g/mol. The summed E-state index contributed by atoms with van der Waals surface area (Å²) in [5, 5.41) is 8.93. The molecule has 2 aromatic rings. The topological polar surface area (TPSA) is 79.5 Å². The number of aliphatic hydroxyl groups excluding tert-OH is 1. The highest BCUT2D eigenvalue weighted by atomic mass is 79.9. The molecule has 108 valence electrons. The van der Waals surface area contributed by atoms with Crippen LogP contribution in [0.25, 0.3) is 0 Å². The van der Waals surface area contributed by atoms with Gasteiger partial charge < -0.3 is 9.52 Å². The van der Waals surface area contributed by atoms with Gasteiger partial charge in [-0.15, -0.1) is 0 Å². The molecule has 1 aromatic carbocycles. The number of sulfonamides is 1. The Kier molecular flexibility index (Phi) is 4.17. The Morgan fingerprint density at radius 2 is 2.10 bits per heavy atom. The fourth-order valence-corrected chi connectivity index (χ4v) is 3.63. The maximum Gasteiger partial charge on any atom is 0.266 e. The molecule has 0 aliphatic heterocycles. The van der Waals surface area contributed by atoms with Crippen LogP contribution in [-0.4, -0.2) is 13.5 Å². The van der Waals surface area contributed by atoms with Gasteiger partial charge in [0, 0.05) is 11.8 Å². The van der Waals surface area contributed by atoms with Gasteiger partial charge in [0.1, 0.15) is 23.1 Å². The maximum atomic E-state index is 13.1. The molecule has 8 heteroatoms. The van der Waals surface area contributed by atoms with Crippen molar-refractivity contribution < 1.29 is 22.3 Å². The summed E-state index contributed by atoms with van der Waals surface area (Å²) < 4.78 is 44.8. The highest BCUT2D eigenvalue weighted by Crippen LogP contribution is 2.28. The zero-order valence-electron chi connectivity index (χ0n) is 10.4. The lowest BCUT2D eigenvalue weighted by Gasteiger charge is -2.07. The molecule has 1 aromatic heterocycles. The monoisotopic (exact) mass is 363 g/mol. The minimum Gasteiger partial charge on any atom is -0.450 e. The van der Waals surface area contributed by atoms with Crippen LogP contribution in [0.1, 0.15) is 11.3 Å². The van der Waals surface area contributed by atoms with Gasteiger partial charge in [0.25, 0.3) is 10.0 Å². The Morgan fingerprint density at radius 3 is 2.65 bits per heavy atom. The third kappa shape index (κ3) is 3.02. The van der Waals surface area contributed by atoms with Crippen LogP contribution in [0.3, 0.4) is 0 Å². The van der Waals surface area contributed by atoms with Crippen molar-refractivity contribution in [1.29, 1.82) is 0 Å². The Morgan fingerprint density at radius 1 is 1.40 bits per heavy atom. The van der Waals surface area contributed by atoms with E-state index in [2.05, 4.69) is 20.7 Å². The first-order valence-electron chi connectivity index (χ1n) is 5.51. The van der Waals surface area contributed by atoms with E-state index in [1.54, 1.807) is 0 Å². The van der Waals surface area contributed by atoms with Gasteiger partial charge in [-0.05, 0) is 46.6 Å². The fourth-order valence-electron chi connectivity index (χ4n) is 1.58. The molecule has 0 amide bonds. The highest BCUT2D eigenvalue weighted by Gasteiger charge is 2.22. The first-order valence-corrected chi connectivity index (χ1v) is 7.79. The number of rotatable bonds is 4. The van der Waals surface area contributed by atoms with Crippen molar-refractivity contribution in [3.8, 4) is 0 Å². The molecule has 0 bridgehead atoms. The molecule has 0 unspecified atom stereocenters. The van der Waals surface area contributed by atoms with Gasteiger partial charge in [0.2, 0.25) is 0 Å². The number of hydrogen-bond donors (Lipinski definition) is 2. The summed E-state index contributed by atoms with van der Waals surface area (Å²) >= 11 is 2.98. The standard InChI is InChI=1S/C12H11BrFNO4S/c1-7-4-8(2-3-10(7)14)15-20(17,18)11-5-9(6-16)19-12(11)13/h2-5,15-16H,6H2,1H3. The maximum absolute atomic E-state index is 13.1. The lowest BCUT2D eigenvalue weighted by atomic mass is 10.2. The molecular formula is C12H11BrFNO4S. The number of furan rings is 1. The number of benzene rings is 1. The summed E-state index contributed by atoms with van der Waals surface area (Å²) in [6, 6.07) is 5.09. The molecule has 0 fully saturated rings. The van der Waals surface area contributed by atoms with E-state index < -0.39 is 22.4 Å². The summed E-state index contributed by atoms with van der Waals surface area (Å²) in [5.74, 6) is -0.299. The van der Waals surface area contributed by atoms with E-state index in [9.17, 15) is 12.8 Å². The van der Waals surface area contributed by atoms with Crippen LogP contribution < -0.4 is 4.72 Å². The first-order chi connectivity index (χ1) is 9.33. The number of nitrogens with one attached hydrogen (secondary N) is 1. The van der Waals surface area contributed by atoms with Gasteiger partial charge in [0.15, 0.2) is 4.67 Å². The zero-order valence-corrected chi connectivity index (χ0v) is 12.8. The van der Waals surface area contributed by atoms with Crippen LogP contribution in [0, 0.1) is 12.7 Å². The normalized spacial score (nSPS) is 11.6. The molecule has 0 radical (unpaired) electrons. The SMILES string of the molecule is Cc1cc(NS(=O)(=O)c2cc(CO)oc2Br)ccc1F. The number of anilines is 1. The van der Waals surface area contributed by atoms with Gasteiger partial charge in [0.05, 0.1) is 0 Å². The minimum absolute atomic E-state index is 0.00659. The van der Waals surface area contributed by atoms with Crippen LogP contribution in [-0.2, 0) is 16.6 Å². The Bertz CT molecular complexity index is 742. The van der Waals surface area contributed by atoms with E-state index in [0.29, 0.717) is 5.56 Å². The molecule has 0 saturated heterocycles. The van der Waals surface area contributed by atoms with Crippen molar-refractivity contribution in [2.24, 2.45) is 0 Å². The van der Waals surface area contributed by atoms with Gasteiger partial charge >= 0.3 is 0 Å². The van der Waals surface area contributed by atoms with Crippen LogP contribution in [0.4, 0.5) is 10.1 Å². The second-order valence-corrected chi connectivity index (χ2v) is 6.45. The van der Waals surface area contributed by atoms with Gasteiger partial charge in [-0.1, -0.05) is 0 Å². The first kappa shape index (κ1) is 15.0. The second-order valence-electron chi connectivity index (χ2n) is 4.08. The Hall–Kier alpha value is -1.38. The molecule has 0 aliphatic rings. The fraction of sp³-hybridized carbons (Fsp3) is 0.167. The summed E-state index contributed by atoms with van der Waals surface area (Å²) in [4.78, 5) is -0.136. The molecule has 5 nitrogen and oxygen atoms in total. The number of aliphatic hydroxyl groups is 1. The lowest BCUT2D eigenvalue weighted by Crippen LogP contribution is -2.12. The summed E-state index contributed by atoms with van der Waals surface area (Å²) in [5.41, 5.74) is 0.565. The highest BCUT2D eigenvalue weighted by molar-refractivity contribution is 9.10. The quantitative estimate of drug-likeness (QED) is 0.875. The van der Waals surface area contributed by atoms with Crippen molar-refractivity contribution in [2.75, 3.05) is 4.72 Å². The molecule has 0 spiro atoms. The van der Waals surface area contributed by atoms with Gasteiger partial charge in [-0.25, -0.2) is 12.8 Å². The van der Waals surface area contributed by atoms with E-state index in [0.717, 1.165) is 0 Å². The largest absolute Gasteiger partial charge is 0.450 e. The molecule has 20 heavy (non-hydrogen) atoms. The van der Waals surface area contributed by atoms with Crippen LogP contribution in [0.15, 0.2) is 38.2 Å². The van der Waals surface area contributed by atoms with E-state index >= 15 is 0 Å². The average molecular weight is 364 g/mol.